The summed E-state index contributed by atoms with van der Waals surface area (Å²) in [4.78, 5) is 10.4. The first kappa shape index (κ1) is 9.00. The maximum atomic E-state index is 10.4. The van der Waals surface area contributed by atoms with Gasteiger partial charge in [-0.2, -0.15) is 0 Å². The third kappa shape index (κ3) is 1.56. The zero-order valence-electron chi connectivity index (χ0n) is 6.38. The molecule has 2 nitrogen and oxygen atoms in total. The normalized spacial score (nSPS) is 9.42. The van der Waals surface area contributed by atoms with E-state index < -0.39 is 0 Å². The largest absolute Gasteiger partial charge is 0.398 e. The van der Waals surface area contributed by atoms with E-state index in [1.807, 2.05) is 0 Å². The zero-order valence-corrected chi connectivity index (χ0v) is 7.97. The van der Waals surface area contributed by atoms with Crippen LogP contribution in [0.1, 0.15) is 15.9 Å². The van der Waals surface area contributed by atoms with Crippen molar-refractivity contribution in [1.29, 1.82) is 0 Å². The summed E-state index contributed by atoms with van der Waals surface area (Å²) in [6.07, 6.45) is 2.40. The van der Waals surface area contributed by atoms with Crippen LogP contribution in [0.5, 0.6) is 0 Å². The van der Waals surface area contributed by atoms with Gasteiger partial charge in [-0.05, 0) is 12.1 Å². The quantitative estimate of drug-likeness (QED) is 0.621. The van der Waals surface area contributed by atoms with Crippen LogP contribution in [0.15, 0.2) is 23.2 Å². The Balaban J connectivity index is 3.36. The summed E-state index contributed by atoms with van der Waals surface area (Å²) in [7, 11) is 0. The van der Waals surface area contributed by atoms with Gasteiger partial charge in [-0.3, -0.25) is 4.79 Å². The van der Waals surface area contributed by atoms with Crippen molar-refractivity contribution in [3.63, 3.8) is 0 Å². The molecule has 0 unspecified atom stereocenters. The summed E-state index contributed by atoms with van der Waals surface area (Å²) in [6, 6.07) is 3.33. The SMILES string of the molecule is C=Cc1c(N)cc(C=O)cc1Br. The van der Waals surface area contributed by atoms with E-state index >= 15 is 0 Å². The Hall–Kier alpha value is -1.09. The Morgan fingerprint density at radius 1 is 1.50 bits per heavy atom. The number of nitrogens with two attached hydrogens (primary N) is 1. The van der Waals surface area contributed by atoms with Crippen molar-refractivity contribution in [2.24, 2.45) is 0 Å². The lowest BCUT2D eigenvalue weighted by molar-refractivity contribution is 0.112. The van der Waals surface area contributed by atoms with Crippen LogP contribution in [0.25, 0.3) is 6.08 Å². The van der Waals surface area contributed by atoms with E-state index in [-0.39, 0.29) is 0 Å². The molecule has 0 radical (unpaired) electrons. The van der Waals surface area contributed by atoms with Gasteiger partial charge in [0.25, 0.3) is 0 Å². The summed E-state index contributed by atoms with van der Waals surface area (Å²) in [6.45, 7) is 3.61. The number of hydrogen-bond donors (Lipinski definition) is 1. The Morgan fingerprint density at radius 3 is 2.58 bits per heavy atom. The molecule has 1 aromatic rings. The fraction of sp³-hybridized carbons (Fsp3) is 0. The molecule has 0 aromatic heterocycles. The maximum absolute atomic E-state index is 10.4. The molecular formula is C9H8BrNO. The maximum Gasteiger partial charge on any atom is 0.150 e. The molecule has 1 aromatic carbocycles. The van der Waals surface area contributed by atoms with E-state index in [9.17, 15) is 4.79 Å². The molecule has 0 spiro atoms. The van der Waals surface area contributed by atoms with Crippen LogP contribution in [0.3, 0.4) is 0 Å². The third-order valence-electron chi connectivity index (χ3n) is 1.52. The lowest BCUT2D eigenvalue weighted by atomic mass is 10.1. The molecule has 2 N–H and O–H groups in total. The van der Waals surface area contributed by atoms with Crippen molar-refractivity contribution >= 4 is 34.0 Å². The smallest absolute Gasteiger partial charge is 0.150 e. The number of hydrogen-bond acceptors (Lipinski definition) is 2. The van der Waals surface area contributed by atoms with Gasteiger partial charge in [0.15, 0.2) is 0 Å². The second kappa shape index (κ2) is 3.54. The van der Waals surface area contributed by atoms with Gasteiger partial charge in [0.2, 0.25) is 0 Å². The minimum Gasteiger partial charge on any atom is -0.398 e. The zero-order chi connectivity index (χ0) is 9.14. The number of nitrogen functional groups attached to an aromatic ring is 1. The first-order valence-electron chi connectivity index (χ1n) is 3.35. The molecule has 12 heavy (non-hydrogen) atoms. The predicted octanol–water partition coefficient (Wildman–Crippen LogP) is 2.49. The molecule has 0 aliphatic heterocycles. The van der Waals surface area contributed by atoms with Crippen LogP contribution in [0.4, 0.5) is 5.69 Å². The van der Waals surface area contributed by atoms with E-state index in [0.717, 1.165) is 16.3 Å². The highest BCUT2D eigenvalue weighted by atomic mass is 79.9. The summed E-state index contributed by atoms with van der Waals surface area (Å²) < 4.78 is 0.791. The van der Waals surface area contributed by atoms with Crippen molar-refractivity contribution in [3.8, 4) is 0 Å². The highest BCUT2D eigenvalue weighted by molar-refractivity contribution is 9.10. The molecule has 0 atom stereocenters. The Kier molecular flexibility index (Phi) is 2.65. The molecule has 0 bridgehead atoms. The van der Waals surface area contributed by atoms with E-state index in [0.29, 0.717) is 11.3 Å². The van der Waals surface area contributed by atoms with Gasteiger partial charge in [0, 0.05) is 21.3 Å². The number of rotatable bonds is 2. The molecule has 0 saturated heterocycles. The highest BCUT2D eigenvalue weighted by Gasteiger charge is 2.02. The fourth-order valence-corrected chi connectivity index (χ4v) is 1.60. The van der Waals surface area contributed by atoms with Gasteiger partial charge in [0.1, 0.15) is 6.29 Å². The van der Waals surface area contributed by atoms with Crippen molar-refractivity contribution < 1.29 is 4.79 Å². The van der Waals surface area contributed by atoms with E-state index in [1.54, 1.807) is 18.2 Å². The van der Waals surface area contributed by atoms with Crippen LogP contribution >= 0.6 is 15.9 Å². The average Bonchev–Trinajstić information content (AvgIpc) is 2.03. The average molecular weight is 226 g/mol. The molecule has 1 rings (SSSR count). The first-order chi connectivity index (χ1) is 5.69. The van der Waals surface area contributed by atoms with Gasteiger partial charge in [-0.1, -0.05) is 28.6 Å². The number of anilines is 1. The van der Waals surface area contributed by atoms with Crippen molar-refractivity contribution in [2.75, 3.05) is 5.73 Å². The van der Waals surface area contributed by atoms with Crippen molar-refractivity contribution in [2.45, 2.75) is 0 Å². The van der Waals surface area contributed by atoms with Crippen molar-refractivity contribution in [1.82, 2.24) is 0 Å². The van der Waals surface area contributed by atoms with Gasteiger partial charge in [-0.25, -0.2) is 0 Å². The van der Waals surface area contributed by atoms with Gasteiger partial charge in [0.05, 0.1) is 0 Å². The van der Waals surface area contributed by atoms with E-state index in [1.165, 1.54) is 0 Å². The van der Waals surface area contributed by atoms with Gasteiger partial charge in [-0.15, -0.1) is 0 Å². The van der Waals surface area contributed by atoms with Crippen LogP contribution in [0, 0.1) is 0 Å². The topological polar surface area (TPSA) is 43.1 Å². The summed E-state index contributed by atoms with van der Waals surface area (Å²) >= 11 is 3.29. The minimum atomic E-state index is 0.557. The van der Waals surface area contributed by atoms with Crippen LogP contribution in [-0.2, 0) is 0 Å². The molecule has 0 amide bonds. The number of carbonyl (C=O) groups excluding carboxylic acids is 1. The molecule has 3 heteroatoms. The molecule has 0 fully saturated rings. The summed E-state index contributed by atoms with van der Waals surface area (Å²) in [5, 5.41) is 0. The fourth-order valence-electron chi connectivity index (χ4n) is 0.944. The minimum absolute atomic E-state index is 0.557. The van der Waals surface area contributed by atoms with Crippen LogP contribution in [0.2, 0.25) is 0 Å². The van der Waals surface area contributed by atoms with Gasteiger partial charge >= 0.3 is 0 Å². The highest BCUT2D eigenvalue weighted by Crippen LogP contribution is 2.25. The number of aldehydes is 1. The van der Waals surface area contributed by atoms with E-state index in [2.05, 4.69) is 22.5 Å². The standard InChI is InChI=1S/C9H8BrNO/c1-2-7-8(10)3-6(5-12)4-9(7)11/h2-5H,1,11H2. The van der Waals surface area contributed by atoms with Crippen LogP contribution in [-0.4, -0.2) is 6.29 Å². The number of carbonyl (C=O) groups is 1. The number of benzene rings is 1. The van der Waals surface area contributed by atoms with Crippen molar-refractivity contribution in [3.05, 3.63) is 34.3 Å². The lowest BCUT2D eigenvalue weighted by Crippen LogP contribution is -1.92. The Labute approximate surface area is 79.2 Å². The van der Waals surface area contributed by atoms with Gasteiger partial charge < -0.3 is 5.73 Å². The predicted molar refractivity (Wildman–Crippen MR) is 54.0 cm³/mol. The second-order valence-electron chi connectivity index (χ2n) is 2.33. The third-order valence-corrected chi connectivity index (χ3v) is 2.18. The molecule has 0 aliphatic rings. The lowest BCUT2D eigenvalue weighted by Gasteiger charge is -2.03. The summed E-state index contributed by atoms with van der Waals surface area (Å²) in [5.74, 6) is 0. The Morgan fingerprint density at radius 2 is 2.17 bits per heavy atom. The Bertz CT molecular complexity index is 310. The summed E-state index contributed by atoms with van der Waals surface area (Å²) in [5.41, 5.74) is 7.59. The first-order valence-corrected chi connectivity index (χ1v) is 4.15. The monoisotopic (exact) mass is 225 g/mol. The van der Waals surface area contributed by atoms with Crippen LogP contribution < -0.4 is 5.73 Å². The molecule has 0 saturated carbocycles. The molecule has 0 heterocycles. The van der Waals surface area contributed by atoms with E-state index in [4.69, 9.17) is 5.73 Å². The molecular weight excluding hydrogens is 218 g/mol. The molecule has 0 aliphatic carbocycles. The number of halogens is 1. The second-order valence-corrected chi connectivity index (χ2v) is 3.18. The molecule has 62 valence electrons.